The van der Waals surface area contributed by atoms with Crippen molar-refractivity contribution < 1.29 is 4.39 Å². The number of likely N-dealkylation sites (tertiary alicyclic amines) is 1. The Morgan fingerprint density at radius 3 is 2.62 bits per heavy atom. The minimum Gasteiger partial charge on any atom is -0.299 e. The van der Waals surface area contributed by atoms with Gasteiger partial charge in [-0.25, -0.2) is 4.39 Å². The molecule has 2 rings (SSSR count). The zero-order valence-corrected chi connectivity index (χ0v) is 10.4. The first kappa shape index (κ1) is 12.2. The summed E-state index contributed by atoms with van der Waals surface area (Å²) in [7, 11) is 0. The Labute approximate surface area is 105 Å². The predicted octanol–water partition coefficient (Wildman–Crippen LogP) is 3.68. The molecule has 1 fully saturated rings. The molecule has 1 aromatic rings. The van der Waals surface area contributed by atoms with Gasteiger partial charge in [0.05, 0.1) is 5.02 Å². The molecule has 0 radical (unpaired) electrons. The van der Waals surface area contributed by atoms with E-state index < -0.39 is 0 Å². The standard InChI is InChI=1S/C12H14Cl2FN/c13-10-3-5-16(6-4-10)8-9-1-2-11(14)12(15)7-9/h1-2,7,10H,3-6,8H2. The fraction of sp³-hybridized carbons (Fsp3) is 0.500. The Balaban J connectivity index is 1.96. The molecule has 0 N–H and O–H groups in total. The second kappa shape index (κ2) is 5.35. The maximum absolute atomic E-state index is 13.2. The van der Waals surface area contributed by atoms with E-state index in [0.29, 0.717) is 5.38 Å². The number of hydrogen-bond donors (Lipinski definition) is 0. The quantitative estimate of drug-likeness (QED) is 0.735. The fourth-order valence-corrected chi connectivity index (χ4v) is 2.27. The van der Waals surface area contributed by atoms with E-state index in [1.54, 1.807) is 6.07 Å². The van der Waals surface area contributed by atoms with Crippen LogP contribution in [0.4, 0.5) is 4.39 Å². The van der Waals surface area contributed by atoms with Crippen LogP contribution in [-0.4, -0.2) is 23.4 Å². The first-order chi connectivity index (χ1) is 7.65. The molecule has 0 amide bonds. The van der Waals surface area contributed by atoms with Crippen molar-refractivity contribution in [2.24, 2.45) is 0 Å². The van der Waals surface area contributed by atoms with Crippen LogP contribution in [0.5, 0.6) is 0 Å². The lowest BCUT2D eigenvalue weighted by Gasteiger charge is -2.29. The van der Waals surface area contributed by atoms with Crippen molar-refractivity contribution in [3.8, 4) is 0 Å². The van der Waals surface area contributed by atoms with E-state index in [2.05, 4.69) is 4.90 Å². The lowest BCUT2D eigenvalue weighted by atomic mass is 10.1. The average Bonchev–Trinajstić information content (AvgIpc) is 2.27. The van der Waals surface area contributed by atoms with Crippen molar-refractivity contribution in [3.05, 3.63) is 34.6 Å². The van der Waals surface area contributed by atoms with Gasteiger partial charge in [-0.3, -0.25) is 4.90 Å². The van der Waals surface area contributed by atoms with Gasteiger partial charge in [0, 0.05) is 11.9 Å². The van der Waals surface area contributed by atoms with E-state index in [1.807, 2.05) is 6.07 Å². The van der Waals surface area contributed by atoms with E-state index in [1.165, 1.54) is 6.07 Å². The molecule has 0 aliphatic carbocycles. The van der Waals surface area contributed by atoms with Gasteiger partial charge in [-0.05, 0) is 43.6 Å². The smallest absolute Gasteiger partial charge is 0.142 e. The van der Waals surface area contributed by atoms with Gasteiger partial charge in [-0.15, -0.1) is 11.6 Å². The van der Waals surface area contributed by atoms with Gasteiger partial charge in [-0.1, -0.05) is 17.7 Å². The van der Waals surface area contributed by atoms with Crippen LogP contribution in [0.2, 0.25) is 5.02 Å². The molecule has 0 saturated carbocycles. The van der Waals surface area contributed by atoms with Crippen LogP contribution in [0.3, 0.4) is 0 Å². The molecule has 0 unspecified atom stereocenters. The van der Waals surface area contributed by atoms with E-state index >= 15 is 0 Å². The maximum atomic E-state index is 13.2. The largest absolute Gasteiger partial charge is 0.299 e. The van der Waals surface area contributed by atoms with Crippen molar-refractivity contribution in [1.82, 2.24) is 4.90 Å². The zero-order valence-electron chi connectivity index (χ0n) is 8.93. The van der Waals surface area contributed by atoms with E-state index in [4.69, 9.17) is 23.2 Å². The van der Waals surface area contributed by atoms with Crippen LogP contribution in [0.15, 0.2) is 18.2 Å². The van der Waals surface area contributed by atoms with Crippen LogP contribution in [-0.2, 0) is 6.54 Å². The number of piperidine rings is 1. The predicted molar refractivity (Wildman–Crippen MR) is 65.6 cm³/mol. The third-order valence-electron chi connectivity index (χ3n) is 2.91. The van der Waals surface area contributed by atoms with Crippen molar-refractivity contribution in [3.63, 3.8) is 0 Å². The van der Waals surface area contributed by atoms with Gasteiger partial charge >= 0.3 is 0 Å². The van der Waals surface area contributed by atoms with Gasteiger partial charge in [-0.2, -0.15) is 0 Å². The first-order valence-electron chi connectivity index (χ1n) is 5.45. The van der Waals surface area contributed by atoms with Crippen LogP contribution in [0.25, 0.3) is 0 Å². The molecule has 4 heteroatoms. The Morgan fingerprint density at radius 1 is 1.31 bits per heavy atom. The molecule has 16 heavy (non-hydrogen) atoms. The Morgan fingerprint density at radius 2 is 2.00 bits per heavy atom. The van der Waals surface area contributed by atoms with E-state index in [-0.39, 0.29) is 10.8 Å². The number of alkyl halides is 1. The summed E-state index contributed by atoms with van der Waals surface area (Å²) in [6, 6.07) is 4.99. The zero-order chi connectivity index (χ0) is 11.5. The third-order valence-corrected chi connectivity index (χ3v) is 3.65. The van der Waals surface area contributed by atoms with Crippen LogP contribution in [0, 0.1) is 5.82 Å². The number of nitrogens with zero attached hydrogens (tertiary/aromatic N) is 1. The topological polar surface area (TPSA) is 3.24 Å². The number of halogens is 3. The van der Waals surface area contributed by atoms with Gasteiger partial charge in [0.15, 0.2) is 0 Å². The summed E-state index contributed by atoms with van der Waals surface area (Å²) in [5, 5.41) is 0.487. The fourth-order valence-electron chi connectivity index (χ4n) is 1.96. The van der Waals surface area contributed by atoms with Crippen molar-refractivity contribution >= 4 is 23.2 Å². The summed E-state index contributed by atoms with van der Waals surface area (Å²) in [5.74, 6) is -0.341. The molecular formula is C12H14Cl2FN. The Hall–Kier alpha value is -0.310. The highest BCUT2D eigenvalue weighted by Gasteiger charge is 2.17. The monoisotopic (exact) mass is 261 g/mol. The van der Waals surface area contributed by atoms with E-state index in [9.17, 15) is 4.39 Å². The second-order valence-corrected chi connectivity index (χ2v) is 5.22. The first-order valence-corrected chi connectivity index (χ1v) is 6.27. The van der Waals surface area contributed by atoms with Crippen molar-refractivity contribution in [2.45, 2.75) is 24.8 Å². The maximum Gasteiger partial charge on any atom is 0.142 e. The van der Waals surface area contributed by atoms with Gasteiger partial charge in [0.25, 0.3) is 0 Å². The summed E-state index contributed by atoms with van der Waals surface area (Å²) in [6.45, 7) is 2.74. The number of rotatable bonds is 2. The summed E-state index contributed by atoms with van der Waals surface area (Å²) in [4.78, 5) is 2.29. The summed E-state index contributed by atoms with van der Waals surface area (Å²) < 4.78 is 13.2. The molecular weight excluding hydrogens is 248 g/mol. The molecule has 88 valence electrons. The minimum absolute atomic E-state index is 0.184. The Bertz CT molecular complexity index is 362. The highest BCUT2D eigenvalue weighted by atomic mass is 35.5. The second-order valence-electron chi connectivity index (χ2n) is 4.20. The summed E-state index contributed by atoms with van der Waals surface area (Å²) in [6.07, 6.45) is 2.02. The molecule has 1 aromatic carbocycles. The summed E-state index contributed by atoms with van der Waals surface area (Å²) in [5.41, 5.74) is 0.968. The molecule has 0 aromatic heterocycles. The van der Waals surface area contributed by atoms with E-state index in [0.717, 1.165) is 38.0 Å². The highest BCUT2D eigenvalue weighted by Crippen LogP contribution is 2.20. The van der Waals surface area contributed by atoms with Crippen LogP contribution >= 0.6 is 23.2 Å². The SMILES string of the molecule is Fc1cc(CN2CCC(Cl)CC2)ccc1Cl. The van der Waals surface area contributed by atoms with Crippen molar-refractivity contribution in [2.75, 3.05) is 13.1 Å². The van der Waals surface area contributed by atoms with Gasteiger partial charge in [0.2, 0.25) is 0 Å². The average molecular weight is 262 g/mol. The van der Waals surface area contributed by atoms with Crippen LogP contribution < -0.4 is 0 Å². The number of hydrogen-bond acceptors (Lipinski definition) is 1. The molecule has 1 saturated heterocycles. The molecule has 0 atom stereocenters. The Kier molecular flexibility index (Phi) is 4.06. The third kappa shape index (κ3) is 3.09. The minimum atomic E-state index is -0.341. The molecule has 1 aliphatic rings. The lowest BCUT2D eigenvalue weighted by molar-refractivity contribution is 0.223. The molecule has 0 spiro atoms. The van der Waals surface area contributed by atoms with Crippen molar-refractivity contribution in [1.29, 1.82) is 0 Å². The van der Waals surface area contributed by atoms with Gasteiger partial charge in [0.1, 0.15) is 5.82 Å². The van der Waals surface area contributed by atoms with Crippen LogP contribution in [0.1, 0.15) is 18.4 Å². The van der Waals surface area contributed by atoms with Gasteiger partial charge < -0.3 is 0 Å². The molecule has 0 bridgehead atoms. The lowest BCUT2D eigenvalue weighted by Crippen LogP contribution is -2.33. The number of benzene rings is 1. The molecule has 1 heterocycles. The summed E-state index contributed by atoms with van der Waals surface area (Å²) >= 11 is 11.7. The molecule has 1 nitrogen and oxygen atoms in total. The normalized spacial score (nSPS) is 18.9. The molecule has 1 aliphatic heterocycles. The highest BCUT2D eigenvalue weighted by molar-refractivity contribution is 6.30.